The minimum absolute atomic E-state index is 0.462. The maximum Gasteiger partial charge on any atom is 0.106 e. The van der Waals surface area contributed by atoms with Crippen molar-refractivity contribution < 1.29 is 0 Å². The van der Waals surface area contributed by atoms with Crippen molar-refractivity contribution in [1.82, 2.24) is 4.90 Å². The lowest BCUT2D eigenvalue weighted by Crippen LogP contribution is -2.23. The summed E-state index contributed by atoms with van der Waals surface area (Å²) >= 11 is 5.11. The molecule has 19 heavy (non-hydrogen) atoms. The first kappa shape index (κ1) is 14.3. The Morgan fingerprint density at radius 1 is 1.53 bits per heavy atom. The highest BCUT2D eigenvalue weighted by atomic mass is 32.1. The van der Waals surface area contributed by atoms with Crippen molar-refractivity contribution in [3.05, 3.63) is 29.3 Å². The number of rotatable bonds is 5. The number of nitrogens with one attached hydrogen (secondary N) is 1. The van der Waals surface area contributed by atoms with E-state index in [1.165, 1.54) is 25.1 Å². The number of hydrogen-bond acceptors (Lipinski definition) is 3. The van der Waals surface area contributed by atoms with Gasteiger partial charge in [-0.05, 0) is 50.0 Å². The Bertz CT molecular complexity index is 459. The lowest BCUT2D eigenvalue weighted by Gasteiger charge is -2.16. The van der Waals surface area contributed by atoms with Gasteiger partial charge in [-0.1, -0.05) is 25.2 Å². The topological polar surface area (TPSA) is 41.3 Å². The molecule has 4 heteroatoms. The van der Waals surface area contributed by atoms with Crippen molar-refractivity contribution in [3.8, 4) is 0 Å². The van der Waals surface area contributed by atoms with Crippen LogP contribution in [0.15, 0.2) is 18.2 Å². The molecule has 0 aliphatic carbocycles. The number of aryl methyl sites for hydroxylation is 1. The molecule has 0 radical (unpaired) electrons. The summed E-state index contributed by atoms with van der Waals surface area (Å²) in [6, 6.07) is 6.18. The van der Waals surface area contributed by atoms with Crippen LogP contribution in [0.4, 0.5) is 5.69 Å². The smallest absolute Gasteiger partial charge is 0.106 e. The maximum absolute atomic E-state index is 5.78. The van der Waals surface area contributed by atoms with Crippen LogP contribution in [0.5, 0.6) is 0 Å². The Morgan fingerprint density at radius 2 is 2.32 bits per heavy atom. The van der Waals surface area contributed by atoms with Gasteiger partial charge < -0.3 is 16.0 Å². The van der Waals surface area contributed by atoms with Crippen LogP contribution in [0.2, 0.25) is 0 Å². The molecule has 0 saturated carbocycles. The minimum atomic E-state index is 0.462. The first-order valence-electron chi connectivity index (χ1n) is 6.96. The molecule has 1 aromatic carbocycles. The summed E-state index contributed by atoms with van der Waals surface area (Å²) in [4.78, 5) is 2.96. The highest BCUT2D eigenvalue weighted by Crippen LogP contribution is 2.20. The van der Waals surface area contributed by atoms with E-state index in [2.05, 4.69) is 30.1 Å². The summed E-state index contributed by atoms with van der Waals surface area (Å²) < 4.78 is 0. The van der Waals surface area contributed by atoms with Crippen molar-refractivity contribution in [2.75, 3.05) is 31.5 Å². The number of likely N-dealkylation sites (tertiary alicyclic amines) is 1. The molecule has 1 aliphatic heterocycles. The van der Waals surface area contributed by atoms with E-state index in [9.17, 15) is 0 Å². The standard InChI is InChI=1S/C15H23N3S/c1-3-18-7-6-12(10-18)9-17-14-8-11(2)4-5-13(14)15(16)19/h4-5,8,12,17H,3,6-7,9-10H2,1-2H3,(H2,16,19). The van der Waals surface area contributed by atoms with Crippen molar-refractivity contribution in [3.63, 3.8) is 0 Å². The third-order valence-electron chi connectivity index (χ3n) is 3.84. The number of benzene rings is 1. The van der Waals surface area contributed by atoms with Crippen molar-refractivity contribution >= 4 is 22.9 Å². The molecule has 1 aliphatic rings. The predicted molar refractivity (Wildman–Crippen MR) is 85.8 cm³/mol. The normalized spacial score (nSPS) is 19.6. The lowest BCUT2D eigenvalue weighted by molar-refractivity contribution is 0.345. The highest BCUT2D eigenvalue weighted by Gasteiger charge is 2.21. The van der Waals surface area contributed by atoms with Crippen LogP contribution in [0.25, 0.3) is 0 Å². The number of thiocarbonyl (C=S) groups is 1. The second-order valence-corrected chi connectivity index (χ2v) is 5.78. The first-order valence-corrected chi connectivity index (χ1v) is 7.37. The van der Waals surface area contributed by atoms with Crippen LogP contribution < -0.4 is 11.1 Å². The summed E-state index contributed by atoms with van der Waals surface area (Å²) in [5.41, 5.74) is 9.02. The van der Waals surface area contributed by atoms with Gasteiger partial charge in [0.2, 0.25) is 0 Å². The van der Waals surface area contributed by atoms with Gasteiger partial charge in [0.1, 0.15) is 4.99 Å². The summed E-state index contributed by atoms with van der Waals surface area (Å²) in [5.74, 6) is 0.722. The third kappa shape index (κ3) is 3.67. The van der Waals surface area contributed by atoms with Gasteiger partial charge in [-0.2, -0.15) is 0 Å². The van der Waals surface area contributed by atoms with Gasteiger partial charge in [-0.15, -0.1) is 0 Å². The molecule has 1 unspecified atom stereocenters. The van der Waals surface area contributed by atoms with E-state index in [0.717, 1.165) is 30.3 Å². The van der Waals surface area contributed by atoms with Crippen molar-refractivity contribution in [1.29, 1.82) is 0 Å². The second kappa shape index (κ2) is 6.35. The maximum atomic E-state index is 5.78. The van der Waals surface area contributed by atoms with Crippen molar-refractivity contribution in [2.24, 2.45) is 11.7 Å². The van der Waals surface area contributed by atoms with Crippen LogP contribution in [-0.4, -0.2) is 36.1 Å². The van der Waals surface area contributed by atoms with Gasteiger partial charge in [-0.25, -0.2) is 0 Å². The van der Waals surface area contributed by atoms with Gasteiger partial charge in [0.15, 0.2) is 0 Å². The molecule has 1 saturated heterocycles. The Labute approximate surface area is 121 Å². The first-order chi connectivity index (χ1) is 9.10. The number of nitrogens with two attached hydrogens (primary N) is 1. The monoisotopic (exact) mass is 277 g/mol. The average molecular weight is 277 g/mol. The van der Waals surface area contributed by atoms with Crippen molar-refractivity contribution in [2.45, 2.75) is 20.3 Å². The molecule has 2 rings (SSSR count). The van der Waals surface area contributed by atoms with E-state index < -0.39 is 0 Å². The number of hydrogen-bond donors (Lipinski definition) is 2. The fourth-order valence-corrected chi connectivity index (χ4v) is 2.82. The van der Waals surface area contributed by atoms with E-state index in [0.29, 0.717) is 4.99 Å². The molecule has 0 spiro atoms. The zero-order chi connectivity index (χ0) is 13.8. The van der Waals surface area contributed by atoms with Crippen LogP contribution in [0, 0.1) is 12.8 Å². The molecular formula is C15H23N3S. The molecule has 3 nitrogen and oxygen atoms in total. The molecule has 1 fully saturated rings. The number of anilines is 1. The molecule has 0 amide bonds. The summed E-state index contributed by atoms with van der Waals surface area (Å²) in [6.07, 6.45) is 1.27. The molecule has 0 aromatic heterocycles. The van der Waals surface area contributed by atoms with Gasteiger partial charge in [-0.3, -0.25) is 0 Å². The molecule has 1 aromatic rings. The molecular weight excluding hydrogens is 254 g/mol. The molecule has 104 valence electrons. The van der Waals surface area contributed by atoms with Crippen LogP contribution >= 0.6 is 12.2 Å². The van der Waals surface area contributed by atoms with Gasteiger partial charge in [0, 0.05) is 24.3 Å². The van der Waals surface area contributed by atoms with E-state index in [4.69, 9.17) is 18.0 Å². The Hall–Kier alpha value is -1.13. The largest absolute Gasteiger partial charge is 0.389 e. The molecule has 1 atom stereocenters. The molecule has 1 heterocycles. The van der Waals surface area contributed by atoms with Crippen LogP contribution in [0.3, 0.4) is 0 Å². The van der Waals surface area contributed by atoms with Gasteiger partial charge >= 0.3 is 0 Å². The average Bonchev–Trinajstić information content (AvgIpc) is 2.84. The number of nitrogens with zero attached hydrogens (tertiary/aromatic N) is 1. The van der Waals surface area contributed by atoms with E-state index in [1.54, 1.807) is 0 Å². The zero-order valence-electron chi connectivity index (χ0n) is 11.8. The van der Waals surface area contributed by atoms with Crippen LogP contribution in [-0.2, 0) is 0 Å². The third-order valence-corrected chi connectivity index (χ3v) is 4.06. The van der Waals surface area contributed by atoms with Gasteiger partial charge in [0.05, 0.1) is 0 Å². The molecule has 3 N–H and O–H groups in total. The highest BCUT2D eigenvalue weighted by molar-refractivity contribution is 7.80. The zero-order valence-corrected chi connectivity index (χ0v) is 12.6. The van der Waals surface area contributed by atoms with E-state index >= 15 is 0 Å². The second-order valence-electron chi connectivity index (χ2n) is 5.34. The fourth-order valence-electron chi connectivity index (χ4n) is 2.64. The van der Waals surface area contributed by atoms with E-state index in [1.807, 2.05) is 12.1 Å². The summed E-state index contributed by atoms with van der Waals surface area (Å²) in [7, 11) is 0. The minimum Gasteiger partial charge on any atom is -0.389 e. The Kier molecular flexibility index (Phi) is 4.77. The van der Waals surface area contributed by atoms with Gasteiger partial charge in [0.25, 0.3) is 0 Å². The quantitative estimate of drug-likeness (QED) is 0.811. The Morgan fingerprint density at radius 3 is 2.95 bits per heavy atom. The lowest BCUT2D eigenvalue weighted by atomic mass is 10.1. The predicted octanol–water partition coefficient (Wildman–Crippen LogP) is 2.38. The molecule has 0 bridgehead atoms. The summed E-state index contributed by atoms with van der Waals surface area (Å²) in [5, 5.41) is 3.53. The Balaban J connectivity index is 1.99. The fraction of sp³-hybridized carbons (Fsp3) is 0.533. The van der Waals surface area contributed by atoms with E-state index in [-0.39, 0.29) is 0 Å². The van der Waals surface area contributed by atoms with Crippen LogP contribution in [0.1, 0.15) is 24.5 Å². The SMILES string of the molecule is CCN1CCC(CNc2cc(C)ccc2C(N)=S)C1. The summed E-state index contributed by atoms with van der Waals surface area (Å²) in [6.45, 7) is 8.87.